The predicted molar refractivity (Wildman–Crippen MR) is 69.6 cm³/mol. The third-order valence-electron chi connectivity index (χ3n) is 2.48. The highest BCUT2D eigenvalue weighted by Gasteiger charge is 2.21. The number of ether oxygens (including phenoxy) is 1. The normalized spacial score (nSPS) is 10.1. The number of nitrogens with zero attached hydrogens (tertiary/aromatic N) is 1. The summed E-state index contributed by atoms with van der Waals surface area (Å²) in [4.78, 5) is 24.8. The number of hydrogen-bond acceptors (Lipinski definition) is 3. The van der Waals surface area contributed by atoms with Crippen LogP contribution < -0.4 is 0 Å². The molecule has 0 spiro atoms. The van der Waals surface area contributed by atoms with Crippen LogP contribution in [0.15, 0.2) is 18.2 Å². The van der Waals surface area contributed by atoms with E-state index in [9.17, 15) is 14.0 Å². The Hall–Kier alpha value is -1.62. The molecule has 0 unspecified atom stereocenters. The summed E-state index contributed by atoms with van der Waals surface area (Å²) in [5.41, 5.74) is 0.0350. The minimum Gasteiger partial charge on any atom is -0.465 e. The first-order valence-corrected chi connectivity index (χ1v) is 6.27. The number of carbonyl (C=O) groups is 2. The van der Waals surface area contributed by atoms with Crippen LogP contribution in [-0.4, -0.2) is 36.5 Å². The average molecular weight is 288 g/mol. The molecule has 0 heterocycles. The third-order valence-corrected chi connectivity index (χ3v) is 2.86. The number of carbonyl (C=O) groups excluding carboxylic acids is 2. The predicted octanol–water partition coefficient (Wildman–Crippen LogP) is 2.50. The molecule has 1 amide bonds. The lowest BCUT2D eigenvalue weighted by Crippen LogP contribution is -2.36. The van der Waals surface area contributed by atoms with Crippen LogP contribution in [0.1, 0.15) is 24.2 Å². The molecule has 0 aromatic heterocycles. The van der Waals surface area contributed by atoms with Crippen LogP contribution in [0.4, 0.5) is 4.39 Å². The number of halogens is 2. The van der Waals surface area contributed by atoms with Crippen molar-refractivity contribution in [2.45, 2.75) is 13.8 Å². The second kappa shape index (κ2) is 7.09. The second-order valence-electron chi connectivity index (χ2n) is 3.73. The van der Waals surface area contributed by atoms with E-state index in [0.29, 0.717) is 6.54 Å². The lowest BCUT2D eigenvalue weighted by molar-refractivity contribution is -0.143. The Balaban J connectivity index is 2.89. The van der Waals surface area contributed by atoms with Crippen LogP contribution in [0.5, 0.6) is 0 Å². The Morgan fingerprint density at radius 1 is 1.37 bits per heavy atom. The summed E-state index contributed by atoms with van der Waals surface area (Å²) in [7, 11) is 0. The summed E-state index contributed by atoms with van der Waals surface area (Å²) < 4.78 is 18.1. The topological polar surface area (TPSA) is 46.6 Å². The third kappa shape index (κ3) is 3.92. The van der Waals surface area contributed by atoms with Crippen LogP contribution >= 0.6 is 11.6 Å². The van der Waals surface area contributed by atoms with Crippen molar-refractivity contribution in [1.82, 2.24) is 4.90 Å². The minimum atomic E-state index is -0.667. The highest BCUT2D eigenvalue weighted by atomic mass is 35.5. The second-order valence-corrected chi connectivity index (χ2v) is 4.10. The maximum absolute atomic E-state index is 13.3. The summed E-state index contributed by atoms with van der Waals surface area (Å²) in [6, 6.07) is 3.98. The zero-order valence-electron chi connectivity index (χ0n) is 10.8. The monoisotopic (exact) mass is 287 g/mol. The molecule has 4 nitrogen and oxygen atoms in total. The standard InChI is InChI=1S/C13H15ClFNO3/c1-3-16(8-11(17)19-4-2)13(18)9-6-5-7-10(15)12(9)14/h5-7H,3-4,8H2,1-2H3. The first-order chi connectivity index (χ1) is 9.01. The lowest BCUT2D eigenvalue weighted by Gasteiger charge is -2.20. The van der Waals surface area contributed by atoms with Gasteiger partial charge in [0.05, 0.1) is 17.2 Å². The highest BCUT2D eigenvalue weighted by Crippen LogP contribution is 2.21. The molecule has 0 saturated carbocycles. The molecule has 0 aliphatic carbocycles. The van der Waals surface area contributed by atoms with Crippen molar-refractivity contribution in [2.24, 2.45) is 0 Å². The fourth-order valence-electron chi connectivity index (χ4n) is 1.53. The van der Waals surface area contributed by atoms with Gasteiger partial charge in [-0.15, -0.1) is 0 Å². The molecule has 19 heavy (non-hydrogen) atoms. The van der Waals surface area contributed by atoms with Crippen molar-refractivity contribution in [3.63, 3.8) is 0 Å². The van der Waals surface area contributed by atoms with Gasteiger partial charge in [0.25, 0.3) is 5.91 Å². The van der Waals surface area contributed by atoms with Crippen LogP contribution in [0.3, 0.4) is 0 Å². The largest absolute Gasteiger partial charge is 0.465 e. The van der Waals surface area contributed by atoms with Crippen molar-refractivity contribution >= 4 is 23.5 Å². The molecule has 1 rings (SSSR count). The Morgan fingerprint density at radius 3 is 2.63 bits per heavy atom. The Kier molecular flexibility index (Phi) is 5.76. The van der Waals surface area contributed by atoms with Crippen LogP contribution in [0, 0.1) is 5.82 Å². The summed E-state index contributed by atoms with van der Waals surface area (Å²) in [6.45, 7) is 3.75. The van der Waals surface area contributed by atoms with Gasteiger partial charge < -0.3 is 9.64 Å². The van der Waals surface area contributed by atoms with E-state index < -0.39 is 17.7 Å². The van der Waals surface area contributed by atoms with E-state index in [4.69, 9.17) is 16.3 Å². The Morgan fingerprint density at radius 2 is 2.05 bits per heavy atom. The van der Waals surface area contributed by atoms with Crippen LogP contribution in [-0.2, 0) is 9.53 Å². The number of amides is 1. The molecule has 0 aliphatic rings. The minimum absolute atomic E-state index is 0.0350. The van der Waals surface area contributed by atoms with E-state index in [1.54, 1.807) is 13.8 Å². The molecule has 0 atom stereocenters. The van der Waals surface area contributed by atoms with Gasteiger partial charge in [-0.1, -0.05) is 17.7 Å². The van der Waals surface area contributed by atoms with E-state index in [0.717, 1.165) is 0 Å². The van der Waals surface area contributed by atoms with Gasteiger partial charge in [-0.05, 0) is 26.0 Å². The lowest BCUT2D eigenvalue weighted by atomic mass is 10.2. The zero-order chi connectivity index (χ0) is 14.4. The van der Waals surface area contributed by atoms with Gasteiger partial charge in [-0.2, -0.15) is 0 Å². The van der Waals surface area contributed by atoms with Crippen molar-refractivity contribution in [3.8, 4) is 0 Å². The van der Waals surface area contributed by atoms with Gasteiger partial charge in [0.2, 0.25) is 0 Å². The number of hydrogen-bond donors (Lipinski definition) is 0. The van der Waals surface area contributed by atoms with Crippen molar-refractivity contribution < 1.29 is 18.7 Å². The molecule has 0 bridgehead atoms. The smallest absolute Gasteiger partial charge is 0.325 e. The van der Waals surface area contributed by atoms with E-state index in [1.807, 2.05) is 0 Å². The molecule has 1 aromatic rings. The summed E-state index contributed by atoms with van der Waals surface area (Å²) in [5.74, 6) is -1.68. The maximum atomic E-state index is 13.3. The zero-order valence-corrected chi connectivity index (χ0v) is 11.5. The number of rotatable bonds is 5. The van der Waals surface area contributed by atoms with Gasteiger partial charge in [-0.3, -0.25) is 9.59 Å². The summed E-state index contributed by atoms with van der Waals surface area (Å²) in [5, 5.41) is -0.241. The quantitative estimate of drug-likeness (QED) is 0.782. The van der Waals surface area contributed by atoms with E-state index in [1.165, 1.54) is 23.1 Å². The van der Waals surface area contributed by atoms with Crippen LogP contribution in [0.2, 0.25) is 5.02 Å². The fraction of sp³-hybridized carbons (Fsp3) is 0.385. The molecular weight excluding hydrogens is 273 g/mol. The van der Waals surface area contributed by atoms with E-state index in [2.05, 4.69) is 0 Å². The van der Waals surface area contributed by atoms with Crippen molar-refractivity contribution in [2.75, 3.05) is 19.7 Å². The van der Waals surface area contributed by atoms with Crippen LogP contribution in [0.25, 0.3) is 0 Å². The fourth-order valence-corrected chi connectivity index (χ4v) is 1.74. The summed E-state index contributed by atoms with van der Waals surface area (Å²) >= 11 is 5.75. The van der Waals surface area contributed by atoms with Gasteiger partial charge in [0.1, 0.15) is 12.4 Å². The number of likely N-dealkylation sites (N-methyl/N-ethyl adjacent to an activating group) is 1. The van der Waals surface area contributed by atoms with Crippen molar-refractivity contribution in [3.05, 3.63) is 34.6 Å². The Bertz CT molecular complexity index is 479. The van der Waals surface area contributed by atoms with Gasteiger partial charge in [0.15, 0.2) is 0 Å². The molecule has 0 saturated heterocycles. The molecule has 0 aliphatic heterocycles. The molecular formula is C13H15ClFNO3. The van der Waals surface area contributed by atoms with E-state index >= 15 is 0 Å². The highest BCUT2D eigenvalue weighted by molar-refractivity contribution is 6.34. The molecule has 6 heteroatoms. The number of benzene rings is 1. The molecule has 1 aromatic carbocycles. The first-order valence-electron chi connectivity index (χ1n) is 5.90. The maximum Gasteiger partial charge on any atom is 0.325 e. The molecule has 104 valence electrons. The van der Waals surface area contributed by atoms with Crippen molar-refractivity contribution in [1.29, 1.82) is 0 Å². The van der Waals surface area contributed by atoms with Gasteiger partial charge in [0, 0.05) is 6.54 Å². The molecule has 0 N–H and O–H groups in total. The average Bonchev–Trinajstić information content (AvgIpc) is 2.39. The number of esters is 1. The molecule has 0 radical (unpaired) electrons. The Labute approximate surface area is 116 Å². The van der Waals surface area contributed by atoms with Gasteiger partial charge >= 0.3 is 5.97 Å². The SMILES string of the molecule is CCOC(=O)CN(CC)C(=O)c1cccc(F)c1Cl. The van der Waals surface area contributed by atoms with Gasteiger partial charge in [-0.25, -0.2) is 4.39 Å². The molecule has 0 fully saturated rings. The summed E-state index contributed by atoms with van der Waals surface area (Å²) in [6.07, 6.45) is 0. The first kappa shape index (κ1) is 15.4. The van der Waals surface area contributed by atoms with E-state index in [-0.39, 0.29) is 23.7 Å².